The molecule has 0 radical (unpaired) electrons. The van der Waals surface area contributed by atoms with Gasteiger partial charge >= 0.3 is 0 Å². The summed E-state index contributed by atoms with van der Waals surface area (Å²) in [7, 11) is 2.22. The Balaban J connectivity index is 2.00. The third-order valence-corrected chi connectivity index (χ3v) is 5.29. The van der Waals surface area contributed by atoms with E-state index in [-0.39, 0.29) is 0 Å². The number of hydrogen-bond acceptors (Lipinski definition) is 2. The number of nitrogens with zero attached hydrogens (tertiary/aromatic N) is 1. The van der Waals surface area contributed by atoms with E-state index in [1.165, 1.54) is 54.4 Å². The highest BCUT2D eigenvalue weighted by Gasteiger charge is 2.17. The van der Waals surface area contributed by atoms with Crippen LogP contribution in [0.2, 0.25) is 0 Å². The monoisotopic (exact) mass is 352 g/mol. The Bertz CT molecular complexity index is 441. The number of halogens is 1. The first kappa shape index (κ1) is 16.8. The molecule has 1 aromatic carbocycles. The predicted octanol–water partition coefficient (Wildman–Crippen LogP) is 5.14. The van der Waals surface area contributed by atoms with Crippen molar-refractivity contribution < 1.29 is 0 Å². The van der Waals surface area contributed by atoms with Crippen LogP contribution >= 0.6 is 15.9 Å². The zero-order valence-corrected chi connectivity index (χ0v) is 15.2. The third-order valence-electron chi connectivity index (χ3n) is 4.60. The first-order valence-corrected chi connectivity index (χ1v) is 9.15. The summed E-state index contributed by atoms with van der Waals surface area (Å²) in [6, 6.07) is 7.19. The molecule has 1 saturated carbocycles. The van der Waals surface area contributed by atoms with E-state index in [1.807, 2.05) is 0 Å². The summed E-state index contributed by atoms with van der Waals surface area (Å²) in [5.74, 6) is 0.888. The first-order chi connectivity index (χ1) is 10.1. The average molecular weight is 353 g/mol. The van der Waals surface area contributed by atoms with Gasteiger partial charge in [-0.1, -0.05) is 41.8 Å². The van der Waals surface area contributed by atoms with E-state index in [2.05, 4.69) is 65.2 Å². The fourth-order valence-corrected chi connectivity index (χ4v) is 3.97. The normalized spacial score (nSPS) is 17.1. The van der Waals surface area contributed by atoms with E-state index >= 15 is 0 Å². The van der Waals surface area contributed by atoms with Crippen LogP contribution < -0.4 is 10.2 Å². The molecule has 1 aliphatic rings. The van der Waals surface area contributed by atoms with Crippen molar-refractivity contribution in [2.75, 3.05) is 25.0 Å². The lowest BCUT2D eigenvalue weighted by atomic mass is 10.1. The molecule has 1 aliphatic carbocycles. The lowest BCUT2D eigenvalue weighted by Gasteiger charge is -2.24. The van der Waals surface area contributed by atoms with Crippen molar-refractivity contribution in [1.82, 2.24) is 5.32 Å². The zero-order valence-electron chi connectivity index (χ0n) is 13.7. The summed E-state index contributed by atoms with van der Waals surface area (Å²) in [6.07, 6.45) is 6.82. The van der Waals surface area contributed by atoms with Crippen molar-refractivity contribution >= 4 is 21.6 Å². The van der Waals surface area contributed by atoms with Gasteiger partial charge in [-0.25, -0.2) is 0 Å². The van der Waals surface area contributed by atoms with Crippen molar-refractivity contribution in [3.63, 3.8) is 0 Å². The van der Waals surface area contributed by atoms with Gasteiger partial charge in [-0.3, -0.25) is 0 Å². The molecule has 0 bridgehead atoms. The Hall–Kier alpha value is -0.540. The van der Waals surface area contributed by atoms with E-state index in [1.54, 1.807) is 0 Å². The Morgan fingerprint density at radius 1 is 1.33 bits per heavy atom. The molecule has 0 saturated heterocycles. The number of benzene rings is 1. The number of nitrogens with one attached hydrogen (secondary N) is 1. The smallest absolute Gasteiger partial charge is 0.0375 e. The van der Waals surface area contributed by atoms with Crippen LogP contribution in [-0.2, 0) is 0 Å². The minimum absolute atomic E-state index is 0.397. The average Bonchev–Trinajstić information content (AvgIpc) is 2.97. The fourth-order valence-electron chi connectivity index (χ4n) is 3.26. The Morgan fingerprint density at radius 2 is 2.05 bits per heavy atom. The fraction of sp³-hybridized carbons (Fsp3) is 0.667. The topological polar surface area (TPSA) is 15.3 Å². The molecule has 2 nitrogen and oxygen atoms in total. The molecular formula is C18H29BrN2. The second-order valence-electron chi connectivity index (χ2n) is 6.41. The third kappa shape index (κ3) is 4.72. The second kappa shape index (κ2) is 8.19. The summed E-state index contributed by atoms with van der Waals surface area (Å²) in [5.41, 5.74) is 2.67. The molecule has 0 amide bonds. The highest BCUT2D eigenvalue weighted by atomic mass is 79.9. The van der Waals surface area contributed by atoms with E-state index < -0.39 is 0 Å². The summed E-state index contributed by atoms with van der Waals surface area (Å²) in [6.45, 7) is 6.69. The van der Waals surface area contributed by atoms with Crippen LogP contribution in [0, 0.1) is 5.92 Å². The zero-order chi connectivity index (χ0) is 15.2. The molecule has 1 N–H and O–H groups in total. The maximum atomic E-state index is 3.75. The molecule has 3 heteroatoms. The number of hydrogen-bond donors (Lipinski definition) is 1. The first-order valence-electron chi connectivity index (χ1n) is 8.35. The van der Waals surface area contributed by atoms with E-state index in [9.17, 15) is 0 Å². The maximum absolute atomic E-state index is 3.75. The number of anilines is 1. The molecule has 21 heavy (non-hydrogen) atoms. The van der Waals surface area contributed by atoms with Crippen LogP contribution in [0.4, 0.5) is 5.69 Å². The lowest BCUT2D eigenvalue weighted by molar-refractivity contribution is 0.546. The summed E-state index contributed by atoms with van der Waals surface area (Å²) in [5, 5.41) is 3.55. The minimum atomic E-state index is 0.397. The van der Waals surface area contributed by atoms with Gasteiger partial charge in [0, 0.05) is 29.8 Å². The van der Waals surface area contributed by atoms with Crippen molar-refractivity contribution in [2.24, 2.45) is 5.92 Å². The minimum Gasteiger partial charge on any atom is -0.374 e. The van der Waals surface area contributed by atoms with Crippen LogP contribution in [0.15, 0.2) is 22.7 Å². The SMILES string of the molecule is CCCNC(C)c1ccc(N(C)CC2CCCC2)cc1Br. The van der Waals surface area contributed by atoms with Gasteiger partial charge in [-0.2, -0.15) is 0 Å². The number of rotatable bonds is 7. The summed E-state index contributed by atoms with van der Waals surface area (Å²) < 4.78 is 1.22. The van der Waals surface area contributed by atoms with Crippen LogP contribution in [0.3, 0.4) is 0 Å². The standard InChI is InChI=1S/C18H29BrN2/c1-4-11-20-14(2)17-10-9-16(12-18(17)19)21(3)13-15-7-5-6-8-15/h9-10,12,14-15,20H,4-8,11,13H2,1-3H3. The highest BCUT2D eigenvalue weighted by Crippen LogP contribution is 2.30. The van der Waals surface area contributed by atoms with Gasteiger partial charge in [0.05, 0.1) is 0 Å². The molecule has 2 rings (SSSR count). The van der Waals surface area contributed by atoms with Crippen molar-refractivity contribution in [2.45, 2.75) is 52.0 Å². The van der Waals surface area contributed by atoms with Crippen LogP contribution in [0.1, 0.15) is 57.6 Å². The lowest BCUT2D eigenvalue weighted by Crippen LogP contribution is -2.24. The summed E-state index contributed by atoms with van der Waals surface area (Å²) in [4.78, 5) is 2.41. The van der Waals surface area contributed by atoms with Crippen molar-refractivity contribution in [3.8, 4) is 0 Å². The Labute approximate surface area is 138 Å². The van der Waals surface area contributed by atoms with E-state index in [4.69, 9.17) is 0 Å². The summed E-state index contributed by atoms with van der Waals surface area (Å²) >= 11 is 3.75. The Kier molecular flexibility index (Phi) is 6.56. The molecule has 1 fully saturated rings. The van der Waals surface area contributed by atoms with Gasteiger partial charge < -0.3 is 10.2 Å². The molecular weight excluding hydrogens is 324 g/mol. The van der Waals surface area contributed by atoms with E-state index in [0.717, 1.165) is 12.5 Å². The quantitative estimate of drug-likeness (QED) is 0.730. The molecule has 0 aliphatic heterocycles. The predicted molar refractivity (Wildman–Crippen MR) is 96.1 cm³/mol. The maximum Gasteiger partial charge on any atom is 0.0375 e. The van der Waals surface area contributed by atoms with Crippen LogP contribution in [0.25, 0.3) is 0 Å². The molecule has 118 valence electrons. The van der Waals surface area contributed by atoms with Gasteiger partial charge in [0.1, 0.15) is 0 Å². The van der Waals surface area contributed by atoms with Gasteiger partial charge in [-0.05, 0) is 56.3 Å². The van der Waals surface area contributed by atoms with Crippen LogP contribution in [-0.4, -0.2) is 20.1 Å². The van der Waals surface area contributed by atoms with Gasteiger partial charge in [0.25, 0.3) is 0 Å². The molecule has 1 atom stereocenters. The molecule has 1 unspecified atom stereocenters. The largest absolute Gasteiger partial charge is 0.374 e. The van der Waals surface area contributed by atoms with Gasteiger partial charge in [0.15, 0.2) is 0 Å². The van der Waals surface area contributed by atoms with Crippen molar-refractivity contribution in [1.29, 1.82) is 0 Å². The van der Waals surface area contributed by atoms with Crippen molar-refractivity contribution in [3.05, 3.63) is 28.2 Å². The van der Waals surface area contributed by atoms with E-state index in [0.29, 0.717) is 6.04 Å². The molecule has 1 aromatic rings. The molecule has 0 heterocycles. The van der Waals surface area contributed by atoms with Gasteiger partial charge in [0.2, 0.25) is 0 Å². The highest BCUT2D eigenvalue weighted by molar-refractivity contribution is 9.10. The van der Waals surface area contributed by atoms with Crippen LogP contribution in [0.5, 0.6) is 0 Å². The van der Waals surface area contributed by atoms with Gasteiger partial charge in [-0.15, -0.1) is 0 Å². The molecule has 0 spiro atoms. The Morgan fingerprint density at radius 3 is 2.67 bits per heavy atom. The molecule has 0 aromatic heterocycles. The second-order valence-corrected chi connectivity index (χ2v) is 7.27.